The number of cyclic esters (lactones) is 2. The van der Waals surface area contributed by atoms with Crippen molar-refractivity contribution in [3.05, 3.63) is 24.0 Å². The molecule has 24 nitrogen and oxygen atoms in total. The van der Waals surface area contributed by atoms with Gasteiger partial charge in [-0.15, -0.1) is 0 Å². The summed E-state index contributed by atoms with van der Waals surface area (Å²) in [6.07, 6.45) is -11.7. The van der Waals surface area contributed by atoms with Crippen molar-refractivity contribution in [3.63, 3.8) is 0 Å². The lowest BCUT2D eigenvalue weighted by molar-refractivity contribution is -0.318. The summed E-state index contributed by atoms with van der Waals surface area (Å²) >= 11 is 0. The summed E-state index contributed by atoms with van der Waals surface area (Å²) in [6, 6.07) is 3.40. The van der Waals surface area contributed by atoms with E-state index in [9.17, 15) is 49.5 Å². The minimum Gasteiger partial charge on any atom is -0.459 e. The molecule has 0 spiro atoms. The number of piperazine rings is 1. The highest BCUT2D eigenvalue weighted by molar-refractivity contribution is 5.90. The predicted octanol–water partition coefficient (Wildman–Crippen LogP) is 2.15. The van der Waals surface area contributed by atoms with E-state index in [-0.39, 0.29) is 95.7 Å². The van der Waals surface area contributed by atoms with E-state index in [0.717, 1.165) is 0 Å². The van der Waals surface area contributed by atoms with E-state index < -0.39 is 144 Å². The van der Waals surface area contributed by atoms with Gasteiger partial charge in [-0.25, -0.2) is 9.18 Å². The molecule has 3 amide bonds. The minimum atomic E-state index is -2.00. The minimum absolute atomic E-state index is 0.00689. The van der Waals surface area contributed by atoms with Crippen molar-refractivity contribution in [2.75, 3.05) is 90.0 Å². The summed E-state index contributed by atoms with van der Waals surface area (Å²) in [6.45, 7) is 18.9. The fourth-order valence-corrected chi connectivity index (χ4v) is 12.6. The molecule has 0 radical (unpaired) electrons. The van der Waals surface area contributed by atoms with Crippen LogP contribution in [0.3, 0.4) is 0 Å². The number of amides is 3. The van der Waals surface area contributed by atoms with Crippen LogP contribution in [0.1, 0.15) is 108 Å². The Morgan fingerprint density at radius 3 is 2.19 bits per heavy atom. The fourth-order valence-electron chi connectivity index (χ4n) is 12.6. The van der Waals surface area contributed by atoms with Crippen LogP contribution in [0, 0.1) is 23.6 Å². The first-order valence-corrected chi connectivity index (χ1v) is 29.3. The Bertz CT molecular complexity index is 2360. The van der Waals surface area contributed by atoms with Crippen molar-refractivity contribution in [3.8, 4) is 0 Å². The average molecular weight is 1180 g/mol. The van der Waals surface area contributed by atoms with Crippen LogP contribution in [0.2, 0.25) is 0 Å². The molecule has 472 valence electrons. The molecule has 6 rings (SSSR count). The van der Waals surface area contributed by atoms with Crippen LogP contribution in [0.5, 0.6) is 0 Å². The molecule has 5 aliphatic rings. The normalized spacial score (nSPS) is 38.3. The molecule has 0 bridgehead atoms. The lowest BCUT2D eigenvalue weighted by atomic mass is 9.78. The Labute approximate surface area is 488 Å². The monoisotopic (exact) mass is 1180 g/mol. The second-order valence-electron chi connectivity index (χ2n) is 24.7. The molecule has 5 aliphatic heterocycles. The Hall–Kier alpha value is -4.38. The molecule has 1 aromatic carbocycles. The van der Waals surface area contributed by atoms with E-state index in [1.165, 1.54) is 36.8 Å². The number of halogens is 1. The van der Waals surface area contributed by atoms with Gasteiger partial charge in [-0.2, -0.15) is 0 Å². The maximum Gasteiger partial charge on any atom is 0.414 e. The first-order valence-electron chi connectivity index (χ1n) is 29.3. The molecule has 5 heterocycles. The third kappa shape index (κ3) is 16.4. The third-order valence-electron chi connectivity index (χ3n) is 17.7. The van der Waals surface area contributed by atoms with Crippen molar-refractivity contribution in [1.29, 1.82) is 0 Å². The number of hydrogen-bond acceptors (Lipinski definition) is 21. The predicted molar refractivity (Wildman–Crippen MR) is 300 cm³/mol. The lowest BCUT2D eigenvalue weighted by Gasteiger charge is -2.49. The first kappa shape index (κ1) is 67.7. The van der Waals surface area contributed by atoms with Gasteiger partial charge in [0.2, 0.25) is 5.91 Å². The van der Waals surface area contributed by atoms with Crippen molar-refractivity contribution in [2.24, 2.45) is 17.8 Å². The number of esters is 2. The van der Waals surface area contributed by atoms with Gasteiger partial charge in [0.05, 0.1) is 78.5 Å². The van der Waals surface area contributed by atoms with Gasteiger partial charge in [0.25, 0.3) is 5.91 Å². The zero-order valence-corrected chi connectivity index (χ0v) is 51.0. The molecule has 25 heteroatoms. The number of aliphatic hydroxyl groups is 5. The molecule has 0 aromatic heterocycles. The van der Waals surface area contributed by atoms with Gasteiger partial charge in [0.1, 0.15) is 35.8 Å². The lowest BCUT2D eigenvalue weighted by Crippen LogP contribution is -2.61. The number of nitrogens with one attached hydrogen (secondary N) is 1. The van der Waals surface area contributed by atoms with Gasteiger partial charge in [0.15, 0.2) is 19.2 Å². The van der Waals surface area contributed by atoms with Crippen molar-refractivity contribution < 1.29 is 91.8 Å². The SMILES string of the molecule is CC[C@H]1OC(=O)[C@H](C)[C@@H](O[C@H]2C[C@@](C)(OC)[C@@H](O)[C@H](C)O2)[C@H](C)[C@@H](O[C@@H]2O[C@H](C)C[C@H](N(C)C)[C@H]2O)[C@](C)(O)C[C@@H](C)N(CCC(=O)OCC(=O)N2CCN(c3ccc(N4C[C@H](CNC(C)=O)OC4=O)cc3F)CC2)C[C@H](C)[C@@H](O)[C@]1(C)O. The van der Waals surface area contributed by atoms with Crippen molar-refractivity contribution in [1.82, 2.24) is 20.0 Å². The zero-order valence-electron chi connectivity index (χ0n) is 51.0. The summed E-state index contributed by atoms with van der Waals surface area (Å²) in [5.41, 5.74) is -4.39. The highest BCUT2D eigenvalue weighted by Crippen LogP contribution is 2.41. The molecule has 19 atom stereocenters. The number of hydrogen-bond donors (Lipinski definition) is 6. The second-order valence-corrected chi connectivity index (χ2v) is 24.7. The molecule has 83 heavy (non-hydrogen) atoms. The fraction of sp³-hybridized carbons (Fsp3) is 0.810. The Kier molecular flexibility index (Phi) is 23.2. The second kappa shape index (κ2) is 28.4. The van der Waals surface area contributed by atoms with Crippen LogP contribution < -0.4 is 15.1 Å². The summed E-state index contributed by atoms with van der Waals surface area (Å²) in [5, 5.41) is 62.8. The van der Waals surface area contributed by atoms with Crippen LogP contribution in [0.25, 0.3) is 0 Å². The number of ether oxygens (including phenoxy) is 8. The molecule has 0 saturated carbocycles. The topological polar surface area (TPSA) is 289 Å². The number of aliphatic hydroxyl groups excluding tert-OH is 3. The standard InChI is InChI=1S/C58H95FN6O18/c1-15-44-58(11,75)50(70)32(2)29-64(19-18-46(68)77-31-45(67)63-22-20-62(21-23-63)42-17-16-39(25-41(42)59)65-30-40(80-55(65)73)28-60-38(8)66)33(3)26-56(9,74)52(83-54-48(69)43(61(12)13)24-34(4)78-54)35(5)49(36(6)53(72)81-44)82-47-27-57(10,76-14)51(71)37(7)79-47/h16-17,25,32-37,40,43-44,47-52,54,69-71,74-75H,15,18-24,26-31H2,1-14H3,(H,60,66)/t32-,33+,34+,35-,36+,37-,40-,43-,44+,47-,48+,49-,50+,51-,52+,54-,56+,57+,58+/m0/s1. The van der Waals surface area contributed by atoms with E-state index >= 15 is 4.39 Å². The van der Waals surface area contributed by atoms with Crippen LogP contribution in [0.15, 0.2) is 18.2 Å². The summed E-state index contributed by atoms with van der Waals surface area (Å²) in [7, 11) is 5.14. The highest BCUT2D eigenvalue weighted by Gasteiger charge is 2.53. The molecule has 5 fully saturated rings. The maximum absolute atomic E-state index is 15.6. The first-order chi connectivity index (χ1) is 38.8. The van der Waals surface area contributed by atoms with Crippen LogP contribution in [0.4, 0.5) is 20.6 Å². The quantitative estimate of drug-likeness (QED) is 0.102. The van der Waals surface area contributed by atoms with Gasteiger partial charge in [-0.1, -0.05) is 20.8 Å². The van der Waals surface area contributed by atoms with Crippen LogP contribution in [-0.2, 0) is 57.1 Å². The number of carbonyl (C=O) groups is 5. The van der Waals surface area contributed by atoms with E-state index in [2.05, 4.69) is 5.32 Å². The van der Waals surface area contributed by atoms with E-state index in [0.29, 0.717) is 12.1 Å². The number of nitrogens with zero attached hydrogens (tertiary/aromatic N) is 5. The molecular formula is C58H95FN6O18. The summed E-state index contributed by atoms with van der Waals surface area (Å²) < 4.78 is 64.5. The molecular weight excluding hydrogens is 1090 g/mol. The van der Waals surface area contributed by atoms with Crippen LogP contribution in [-0.4, -0.2) is 247 Å². The van der Waals surface area contributed by atoms with Gasteiger partial charge in [0, 0.05) is 77.7 Å². The number of carbonyl (C=O) groups excluding carboxylic acids is 5. The summed E-state index contributed by atoms with van der Waals surface area (Å²) in [5.74, 6) is -5.60. The number of anilines is 2. The number of rotatable bonds is 16. The molecule has 5 saturated heterocycles. The Balaban J connectivity index is 1.19. The largest absolute Gasteiger partial charge is 0.459 e. The average Bonchev–Trinajstić information content (AvgIpc) is 3.90. The summed E-state index contributed by atoms with van der Waals surface area (Å²) in [4.78, 5) is 73.9. The maximum atomic E-state index is 15.6. The van der Waals surface area contributed by atoms with Gasteiger partial charge >= 0.3 is 18.0 Å². The molecule has 1 aromatic rings. The van der Waals surface area contributed by atoms with Crippen molar-refractivity contribution >= 4 is 41.2 Å². The molecule has 0 unspecified atom stereocenters. The van der Waals surface area contributed by atoms with Gasteiger partial charge < -0.3 is 83.4 Å². The van der Waals surface area contributed by atoms with E-state index in [1.807, 2.05) is 37.7 Å². The zero-order chi connectivity index (χ0) is 61.6. The van der Waals surface area contributed by atoms with Gasteiger partial charge in [-0.3, -0.25) is 29.0 Å². The highest BCUT2D eigenvalue weighted by atomic mass is 19.1. The Morgan fingerprint density at radius 1 is 0.904 bits per heavy atom. The van der Waals surface area contributed by atoms with Gasteiger partial charge in [-0.05, 0) is 106 Å². The number of methoxy groups -OCH3 is 1. The Morgan fingerprint density at radius 2 is 1.58 bits per heavy atom. The van der Waals surface area contributed by atoms with E-state index in [1.54, 1.807) is 65.5 Å². The number of likely N-dealkylation sites (N-methyl/N-ethyl adjacent to an activating group) is 1. The van der Waals surface area contributed by atoms with Crippen LogP contribution >= 0.6 is 0 Å². The smallest absolute Gasteiger partial charge is 0.414 e. The molecule has 6 N–H and O–H groups in total. The van der Waals surface area contributed by atoms with E-state index in [4.69, 9.17) is 37.9 Å². The third-order valence-corrected chi connectivity index (χ3v) is 17.7. The number of benzene rings is 1. The van der Waals surface area contributed by atoms with Crippen molar-refractivity contribution in [2.45, 2.75) is 205 Å². The molecule has 0 aliphatic carbocycles.